The van der Waals surface area contributed by atoms with Gasteiger partial charge in [0, 0.05) is 24.6 Å². The number of sulfone groups is 1. The number of nitrogens with zero attached hydrogens (tertiary/aromatic N) is 4. The minimum Gasteiger partial charge on any atom is -0.369 e. The molecule has 2 saturated heterocycles. The first-order valence-electron chi connectivity index (χ1n) is 11.9. The van der Waals surface area contributed by atoms with E-state index >= 15 is 0 Å². The third-order valence-corrected chi connectivity index (χ3v) is 8.90. The van der Waals surface area contributed by atoms with E-state index < -0.39 is 9.84 Å². The number of piperidine rings is 1. The zero-order valence-corrected chi connectivity index (χ0v) is 20.7. The zero-order valence-electron chi connectivity index (χ0n) is 19.9. The molecule has 184 valence electrons. The van der Waals surface area contributed by atoms with Gasteiger partial charge in [-0.05, 0) is 39.2 Å². The van der Waals surface area contributed by atoms with E-state index in [4.69, 9.17) is 10.7 Å². The molecule has 1 atom stereocenters. The Kier molecular flexibility index (Phi) is 5.86. The summed E-state index contributed by atoms with van der Waals surface area (Å²) >= 11 is 0. The average molecular weight is 496 g/mol. The number of fused-ring (bicyclic) bond motifs is 1. The Labute approximate surface area is 204 Å². The number of aryl methyl sites for hydroxylation is 2. The van der Waals surface area contributed by atoms with Crippen LogP contribution in [0, 0.1) is 19.8 Å². The second-order valence-corrected chi connectivity index (χ2v) is 11.9. The van der Waals surface area contributed by atoms with E-state index in [1.54, 1.807) is 15.6 Å². The summed E-state index contributed by atoms with van der Waals surface area (Å²) in [4.78, 5) is 32.0. The average Bonchev–Trinajstić information content (AvgIpc) is 3.37. The molecule has 2 aliphatic rings. The van der Waals surface area contributed by atoms with Crippen LogP contribution in [0.5, 0.6) is 0 Å². The minimum atomic E-state index is -3.13. The topological polar surface area (TPSA) is 128 Å². The molecule has 2 aliphatic heterocycles. The molecular formula is C25H29N5O4S. The normalized spacial score (nSPS) is 20.4. The molecule has 2 N–H and O–H groups in total. The molecule has 0 bridgehead atoms. The lowest BCUT2D eigenvalue weighted by Crippen LogP contribution is -2.41. The lowest BCUT2D eigenvalue weighted by molar-refractivity contribution is -0.123. The SMILES string of the molecule is Cc1ccc(-c2cc(C(=O)N3CCC(C(N)=O)CC3)c3c(C)nn([C@@H]4CCS(=O)(=O)C4)c3n2)cc1. The Morgan fingerprint density at radius 3 is 2.34 bits per heavy atom. The number of benzene rings is 1. The summed E-state index contributed by atoms with van der Waals surface area (Å²) in [5.74, 6) is -0.544. The number of hydrogen-bond acceptors (Lipinski definition) is 6. The summed E-state index contributed by atoms with van der Waals surface area (Å²) in [7, 11) is -3.13. The zero-order chi connectivity index (χ0) is 24.9. The molecule has 9 nitrogen and oxygen atoms in total. The molecule has 2 aromatic heterocycles. The molecule has 0 radical (unpaired) electrons. The summed E-state index contributed by atoms with van der Waals surface area (Å²) in [6.45, 7) is 4.73. The standard InChI is InChI=1S/C25H29N5O4S/c1-15-3-5-17(6-4-15)21-13-20(25(32)29-10-7-18(8-11-29)23(26)31)22-16(2)28-30(24(22)27-21)19-9-12-35(33,34)14-19/h3-6,13,18-19H,7-12,14H2,1-2H3,(H2,26,31)/t19-/m1/s1. The van der Waals surface area contributed by atoms with Crippen LogP contribution in [0.15, 0.2) is 30.3 Å². The molecule has 10 heteroatoms. The Balaban J connectivity index is 1.62. The van der Waals surface area contributed by atoms with Crippen molar-refractivity contribution >= 4 is 32.7 Å². The number of rotatable bonds is 4. The first-order chi connectivity index (χ1) is 16.6. The second kappa shape index (κ2) is 8.75. The maximum atomic E-state index is 13.8. The van der Waals surface area contributed by atoms with Gasteiger partial charge in [-0.2, -0.15) is 5.10 Å². The number of aromatic nitrogens is 3. The maximum Gasteiger partial charge on any atom is 0.254 e. The van der Waals surface area contributed by atoms with E-state index in [1.165, 1.54) is 0 Å². The molecule has 2 amide bonds. The molecular weight excluding hydrogens is 466 g/mol. The smallest absolute Gasteiger partial charge is 0.254 e. The lowest BCUT2D eigenvalue weighted by atomic mass is 9.95. The van der Waals surface area contributed by atoms with Crippen molar-refractivity contribution in [1.29, 1.82) is 0 Å². The number of primary amides is 1. The Morgan fingerprint density at radius 2 is 1.74 bits per heavy atom. The van der Waals surface area contributed by atoms with Crippen molar-refractivity contribution in [2.24, 2.45) is 11.7 Å². The van der Waals surface area contributed by atoms with E-state index in [0.717, 1.165) is 11.1 Å². The molecule has 35 heavy (non-hydrogen) atoms. The van der Waals surface area contributed by atoms with Crippen LogP contribution >= 0.6 is 0 Å². The van der Waals surface area contributed by atoms with Crippen LogP contribution in [0.2, 0.25) is 0 Å². The summed E-state index contributed by atoms with van der Waals surface area (Å²) in [6, 6.07) is 9.39. The van der Waals surface area contributed by atoms with Crippen molar-refractivity contribution in [3.63, 3.8) is 0 Å². The van der Waals surface area contributed by atoms with Crippen LogP contribution in [-0.4, -0.2) is 64.5 Å². The van der Waals surface area contributed by atoms with Gasteiger partial charge in [0.05, 0.1) is 39.9 Å². The first kappa shape index (κ1) is 23.5. The van der Waals surface area contributed by atoms with Crippen molar-refractivity contribution in [3.8, 4) is 11.3 Å². The second-order valence-electron chi connectivity index (χ2n) is 9.68. The maximum absolute atomic E-state index is 13.8. The van der Waals surface area contributed by atoms with Crippen molar-refractivity contribution in [1.82, 2.24) is 19.7 Å². The molecule has 0 unspecified atom stereocenters. The number of nitrogens with two attached hydrogens (primary N) is 1. The predicted octanol–water partition coefficient (Wildman–Crippen LogP) is 2.41. The van der Waals surface area contributed by atoms with Crippen LogP contribution in [0.3, 0.4) is 0 Å². The van der Waals surface area contributed by atoms with Gasteiger partial charge < -0.3 is 10.6 Å². The highest BCUT2D eigenvalue weighted by molar-refractivity contribution is 7.91. The summed E-state index contributed by atoms with van der Waals surface area (Å²) in [5.41, 5.74) is 9.74. The molecule has 2 fully saturated rings. The summed E-state index contributed by atoms with van der Waals surface area (Å²) < 4.78 is 26.1. The van der Waals surface area contributed by atoms with Crippen LogP contribution < -0.4 is 5.73 Å². The number of pyridine rings is 1. The Hall–Kier alpha value is -3.27. The number of likely N-dealkylation sites (tertiary alicyclic amines) is 1. The summed E-state index contributed by atoms with van der Waals surface area (Å²) in [5, 5.41) is 5.31. The van der Waals surface area contributed by atoms with Gasteiger partial charge >= 0.3 is 0 Å². The van der Waals surface area contributed by atoms with Crippen molar-refractivity contribution < 1.29 is 18.0 Å². The highest BCUT2D eigenvalue weighted by atomic mass is 32.2. The van der Waals surface area contributed by atoms with Crippen molar-refractivity contribution in [3.05, 3.63) is 47.2 Å². The molecule has 0 aliphatic carbocycles. The van der Waals surface area contributed by atoms with E-state index in [0.29, 0.717) is 60.3 Å². The van der Waals surface area contributed by atoms with Gasteiger partial charge in [-0.3, -0.25) is 9.59 Å². The van der Waals surface area contributed by atoms with Crippen molar-refractivity contribution in [2.45, 2.75) is 39.2 Å². The quantitative estimate of drug-likeness (QED) is 0.592. The number of hydrogen-bond donors (Lipinski definition) is 1. The highest BCUT2D eigenvalue weighted by Gasteiger charge is 2.33. The molecule has 0 saturated carbocycles. The van der Waals surface area contributed by atoms with E-state index in [1.807, 2.05) is 38.1 Å². The number of carbonyl (C=O) groups is 2. The van der Waals surface area contributed by atoms with Crippen LogP contribution in [0.25, 0.3) is 22.3 Å². The fourth-order valence-electron chi connectivity index (χ4n) is 5.11. The van der Waals surface area contributed by atoms with Gasteiger partial charge in [-0.15, -0.1) is 0 Å². The van der Waals surface area contributed by atoms with Gasteiger partial charge in [-0.25, -0.2) is 18.1 Å². The number of carbonyl (C=O) groups excluding carboxylic acids is 2. The molecule has 0 spiro atoms. The highest BCUT2D eigenvalue weighted by Crippen LogP contribution is 2.33. The minimum absolute atomic E-state index is 0.0174. The van der Waals surface area contributed by atoms with E-state index in [2.05, 4.69) is 5.10 Å². The van der Waals surface area contributed by atoms with Gasteiger partial charge in [0.2, 0.25) is 5.91 Å². The molecule has 1 aromatic carbocycles. The Bertz CT molecular complexity index is 1420. The Morgan fingerprint density at radius 1 is 1.06 bits per heavy atom. The van der Waals surface area contributed by atoms with Gasteiger partial charge in [0.15, 0.2) is 15.5 Å². The molecule has 5 rings (SSSR count). The van der Waals surface area contributed by atoms with Crippen LogP contribution in [0.4, 0.5) is 0 Å². The monoisotopic (exact) mass is 495 g/mol. The molecule has 3 aromatic rings. The number of amides is 2. The fraction of sp³-hybridized carbons (Fsp3) is 0.440. The van der Waals surface area contributed by atoms with Crippen LogP contribution in [0.1, 0.15) is 46.9 Å². The first-order valence-corrected chi connectivity index (χ1v) is 13.7. The van der Waals surface area contributed by atoms with Gasteiger partial charge in [0.25, 0.3) is 5.91 Å². The summed E-state index contributed by atoms with van der Waals surface area (Å²) in [6.07, 6.45) is 1.55. The largest absolute Gasteiger partial charge is 0.369 e. The van der Waals surface area contributed by atoms with E-state index in [9.17, 15) is 18.0 Å². The lowest BCUT2D eigenvalue weighted by Gasteiger charge is -2.31. The van der Waals surface area contributed by atoms with Gasteiger partial charge in [-0.1, -0.05) is 29.8 Å². The van der Waals surface area contributed by atoms with Gasteiger partial charge in [0.1, 0.15) is 0 Å². The third-order valence-electron chi connectivity index (χ3n) is 7.15. The van der Waals surface area contributed by atoms with Crippen LogP contribution in [-0.2, 0) is 14.6 Å². The van der Waals surface area contributed by atoms with E-state index in [-0.39, 0.29) is 35.3 Å². The fourth-order valence-corrected chi connectivity index (χ4v) is 6.81. The van der Waals surface area contributed by atoms with Crippen molar-refractivity contribution in [2.75, 3.05) is 24.6 Å². The predicted molar refractivity (Wildman–Crippen MR) is 133 cm³/mol. The molecule has 4 heterocycles. The third kappa shape index (κ3) is 4.42.